The average molecular weight is 370 g/mol. The van der Waals surface area contributed by atoms with Crippen molar-refractivity contribution in [2.45, 2.75) is 0 Å². The number of phosphoric ester groups is 1. The molecule has 0 saturated carbocycles. The monoisotopic (exact) mass is 369 g/mol. The van der Waals surface area contributed by atoms with Crippen LogP contribution < -0.4 is 73.4 Å². The molecule has 1 N–H and O–H groups in total. The summed E-state index contributed by atoms with van der Waals surface area (Å²) in [6.07, 6.45) is 0. The standard InChI is InChI=1S/C8H6BrClNO4P.2Na/c9-7-5-2-1-4(10)3-6(5)11-8(7)15-16(12,13)14;;/h1-3,11H,(H2,12,13,14);;/q;2*+1/p-2. The molecule has 0 radical (unpaired) electrons. The van der Waals surface area contributed by atoms with Gasteiger partial charge in [-0.3, -0.25) is 0 Å². The Morgan fingerprint density at radius 2 is 1.94 bits per heavy atom. The number of phosphoric acid groups is 1. The summed E-state index contributed by atoms with van der Waals surface area (Å²) >= 11 is 8.89. The molecular formula is C8H4BrClNNa2O4P. The van der Waals surface area contributed by atoms with Gasteiger partial charge >= 0.3 is 59.1 Å². The van der Waals surface area contributed by atoms with E-state index in [2.05, 4.69) is 25.4 Å². The molecule has 18 heavy (non-hydrogen) atoms. The van der Waals surface area contributed by atoms with E-state index < -0.39 is 7.82 Å². The van der Waals surface area contributed by atoms with Crippen LogP contribution in [-0.4, -0.2) is 4.98 Å². The van der Waals surface area contributed by atoms with Crippen LogP contribution in [0.1, 0.15) is 0 Å². The van der Waals surface area contributed by atoms with Crippen LogP contribution in [0, 0.1) is 0 Å². The maximum Gasteiger partial charge on any atom is 1.00 e. The second-order valence-corrected chi connectivity index (χ2v) is 5.30. The first-order chi connectivity index (χ1) is 7.37. The van der Waals surface area contributed by atoms with E-state index in [9.17, 15) is 14.4 Å². The Kier molecular flexibility index (Phi) is 8.09. The fraction of sp³-hybridized carbons (Fsp3) is 0. The number of nitrogens with one attached hydrogen (secondary N) is 1. The van der Waals surface area contributed by atoms with Crippen molar-refractivity contribution >= 4 is 46.3 Å². The Morgan fingerprint density at radius 1 is 1.33 bits per heavy atom. The van der Waals surface area contributed by atoms with Crippen molar-refractivity contribution in [3.05, 3.63) is 27.7 Å². The van der Waals surface area contributed by atoms with E-state index in [1.807, 2.05) is 0 Å². The molecule has 86 valence electrons. The van der Waals surface area contributed by atoms with Crippen molar-refractivity contribution in [2.75, 3.05) is 0 Å². The molecule has 10 heteroatoms. The predicted molar refractivity (Wildman–Crippen MR) is 59.2 cm³/mol. The minimum atomic E-state index is -5.08. The second-order valence-electron chi connectivity index (χ2n) is 3.00. The zero-order chi connectivity index (χ0) is 11.9. The van der Waals surface area contributed by atoms with Crippen molar-refractivity contribution in [2.24, 2.45) is 0 Å². The van der Waals surface area contributed by atoms with Gasteiger partial charge in [0.1, 0.15) is 7.82 Å². The molecule has 0 atom stereocenters. The third-order valence-corrected chi connectivity index (χ3v) is 3.30. The first-order valence-electron chi connectivity index (χ1n) is 4.05. The van der Waals surface area contributed by atoms with Crippen molar-refractivity contribution < 1.29 is 78.0 Å². The summed E-state index contributed by atoms with van der Waals surface area (Å²) in [7, 11) is -5.08. The van der Waals surface area contributed by atoms with Gasteiger partial charge in [-0.2, -0.15) is 0 Å². The third kappa shape index (κ3) is 4.79. The zero-order valence-electron chi connectivity index (χ0n) is 9.57. The van der Waals surface area contributed by atoms with E-state index in [0.29, 0.717) is 20.4 Å². The Bertz CT molecular complexity index is 602. The van der Waals surface area contributed by atoms with Gasteiger partial charge in [0.15, 0.2) is 0 Å². The predicted octanol–water partition coefficient (Wildman–Crippen LogP) is -4.20. The molecular weight excluding hydrogens is 366 g/mol. The van der Waals surface area contributed by atoms with Gasteiger partial charge in [-0.25, -0.2) is 0 Å². The van der Waals surface area contributed by atoms with Crippen molar-refractivity contribution in [1.29, 1.82) is 0 Å². The van der Waals surface area contributed by atoms with Gasteiger partial charge in [-0.15, -0.1) is 0 Å². The first kappa shape index (κ1) is 19.5. The van der Waals surface area contributed by atoms with E-state index in [0.717, 1.165) is 0 Å². The molecule has 0 aliphatic heterocycles. The van der Waals surface area contributed by atoms with Crippen LogP contribution in [0.15, 0.2) is 22.7 Å². The summed E-state index contributed by atoms with van der Waals surface area (Å²) in [4.78, 5) is 23.6. The number of halogens is 2. The normalized spacial score (nSPS) is 10.7. The van der Waals surface area contributed by atoms with E-state index in [1.54, 1.807) is 18.2 Å². The molecule has 0 aliphatic carbocycles. The van der Waals surface area contributed by atoms with Crippen LogP contribution in [0.3, 0.4) is 0 Å². The SMILES string of the molecule is O=P([O-])([O-])Oc1[nH]c2cc(Cl)ccc2c1Br.[Na+].[Na+]. The molecule has 1 aromatic carbocycles. The molecule has 5 nitrogen and oxygen atoms in total. The van der Waals surface area contributed by atoms with E-state index >= 15 is 0 Å². The van der Waals surface area contributed by atoms with E-state index in [1.165, 1.54) is 0 Å². The van der Waals surface area contributed by atoms with Gasteiger partial charge in [0.25, 0.3) is 0 Å². The van der Waals surface area contributed by atoms with E-state index in [4.69, 9.17) is 11.6 Å². The molecule has 0 aliphatic rings. The maximum absolute atomic E-state index is 10.5. The molecule has 0 saturated heterocycles. The van der Waals surface area contributed by atoms with Gasteiger partial charge in [0.05, 0.1) is 9.99 Å². The maximum atomic E-state index is 10.5. The minimum absolute atomic E-state index is 0. The van der Waals surface area contributed by atoms with Crippen LogP contribution in [-0.2, 0) is 4.57 Å². The number of aromatic nitrogens is 1. The summed E-state index contributed by atoms with van der Waals surface area (Å²) in [6.45, 7) is 0. The molecule has 0 amide bonds. The molecule has 2 rings (SSSR count). The van der Waals surface area contributed by atoms with Crippen molar-refractivity contribution in [1.82, 2.24) is 4.98 Å². The molecule has 2 aromatic rings. The fourth-order valence-corrected chi connectivity index (χ4v) is 2.47. The topological polar surface area (TPSA) is 88.2 Å². The molecule has 1 aromatic heterocycles. The Labute approximate surface area is 161 Å². The fourth-order valence-electron chi connectivity index (χ4n) is 1.29. The summed E-state index contributed by atoms with van der Waals surface area (Å²) in [6, 6.07) is 4.90. The summed E-state index contributed by atoms with van der Waals surface area (Å²) in [5.41, 5.74) is 0.572. The van der Waals surface area contributed by atoms with Gasteiger partial charge < -0.3 is 23.9 Å². The smallest absolute Gasteiger partial charge is 0.780 e. The Balaban J connectivity index is 0.00000144. The zero-order valence-corrected chi connectivity index (χ0v) is 16.8. The number of rotatable bonds is 2. The number of aromatic amines is 1. The third-order valence-electron chi connectivity index (χ3n) is 1.87. The summed E-state index contributed by atoms with van der Waals surface area (Å²) in [5, 5.41) is 1.16. The van der Waals surface area contributed by atoms with Crippen LogP contribution >= 0.6 is 35.4 Å². The molecule has 1 heterocycles. The van der Waals surface area contributed by atoms with E-state index in [-0.39, 0.29) is 65.0 Å². The Hall–Kier alpha value is 1.48. The molecule has 0 fully saturated rings. The average Bonchev–Trinajstić information content (AvgIpc) is 2.40. The number of hydrogen-bond donors (Lipinski definition) is 1. The molecule has 0 unspecified atom stereocenters. The minimum Gasteiger partial charge on any atom is -0.780 e. The number of hydrogen-bond acceptors (Lipinski definition) is 4. The van der Waals surface area contributed by atoms with Crippen LogP contribution in [0.4, 0.5) is 0 Å². The van der Waals surface area contributed by atoms with Crippen LogP contribution in [0.25, 0.3) is 10.9 Å². The number of H-pyrrole nitrogens is 1. The van der Waals surface area contributed by atoms with Gasteiger partial charge in [-0.1, -0.05) is 17.7 Å². The van der Waals surface area contributed by atoms with Crippen LogP contribution in [0.5, 0.6) is 5.88 Å². The van der Waals surface area contributed by atoms with Gasteiger partial charge in [0.2, 0.25) is 5.88 Å². The molecule has 0 spiro atoms. The largest absolute Gasteiger partial charge is 1.00 e. The summed E-state index contributed by atoms with van der Waals surface area (Å²) in [5.74, 6) is -0.148. The molecule has 0 bridgehead atoms. The quantitative estimate of drug-likeness (QED) is 0.429. The first-order valence-corrected chi connectivity index (χ1v) is 6.68. The number of fused-ring (bicyclic) bond motifs is 1. The van der Waals surface area contributed by atoms with Crippen molar-refractivity contribution in [3.63, 3.8) is 0 Å². The van der Waals surface area contributed by atoms with Gasteiger partial charge in [-0.05, 0) is 28.1 Å². The van der Waals surface area contributed by atoms with Crippen LogP contribution in [0.2, 0.25) is 5.02 Å². The summed E-state index contributed by atoms with van der Waals surface area (Å²) < 4.78 is 15.1. The Morgan fingerprint density at radius 3 is 2.50 bits per heavy atom. The van der Waals surface area contributed by atoms with Crippen molar-refractivity contribution in [3.8, 4) is 5.88 Å². The second kappa shape index (κ2) is 7.48. The number of benzene rings is 1. The van der Waals surface area contributed by atoms with Gasteiger partial charge in [0, 0.05) is 10.4 Å².